The van der Waals surface area contributed by atoms with E-state index in [4.69, 9.17) is 0 Å². The highest BCUT2D eigenvalue weighted by atomic mass is 19.1. The van der Waals surface area contributed by atoms with Gasteiger partial charge in [-0.25, -0.2) is 9.82 Å². The van der Waals surface area contributed by atoms with E-state index in [9.17, 15) is 4.39 Å². The number of halogens is 1. The van der Waals surface area contributed by atoms with Crippen LogP contribution in [0.25, 0.3) is 0 Å². The number of hydrazine groups is 1. The first-order chi connectivity index (χ1) is 6.09. The molecule has 0 aliphatic heterocycles. The van der Waals surface area contributed by atoms with Crippen LogP contribution in [0.15, 0.2) is 24.3 Å². The summed E-state index contributed by atoms with van der Waals surface area (Å²) >= 11 is 0. The third-order valence-electron chi connectivity index (χ3n) is 1.82. The van der Waals surface area contributed by atoms with Crippen LogP contribution >= 0.6 is 0 Å². The topological polar surface area (TPSA) is 15.3 Å². The molecule has 1 unspecified atom stereocenters. The minimum atomic E-state index is -0.194. The van der Waals surface area contributed by atoms with Gasteiger partial charge >= 0.3 is 0 Å². The van der Waals surface area contributed by atoms with Crippen molar-refractivity contribution < 1.29 is 4.39 Å². The second-order valence-electron chi connectivity index (χ2n) is 3.30. The fourth-order valence-electron chi connectivity index (χ4n) is 1.21. The monoisotopic (exact) mass is 182 g/mol. The summed E-state index contributed by atoms with van der Waals surface area (Å²) in [5.74, 6) is -0.194. The molecular weight excluding hydrogens is 167 g/mol. The van der Waals surface area contributed by atoms with Gasteiger partial charge in [0.15, 0.2) is 0 Å². The van der Waals surface area contributed by atoms with E-state index in [0.717, 1.165) is 5.56 Å². The Morgan fingerprint density at radius 3 is 2.23 bits per heavy atom. The van der Waals surface area contributed by atoms with Crippen LogP contribution in [-0.2, 0) is 0 Å². The molecule has 0 spiro atoms. The highest BCUT2D eigenvalue weighted by molar-refractivity contribution is 5.18. The second kappa shape index (κ2) is 4.35. The normalized spacial score (nSPS) is 13.3. The van der Waals surface area contributed by atoms with Gasteiger partial charge in [-0.1, -0.05) is 12.1 Å². The van der Waals surface area contributed by atoms with Crippen LogP contribution < -0.4 is 5.43 Å². The van der Waals surface area contributed by atoms with Crippen molar-refractivity contribution in [2.24, 2.45) is 0 Å². The molecule has 2 nitrogen and oxygen atoms in total. The molecule has 1 aromatic rings. The van der Waals surface area contributed by atoms with E-state index in [1.807, 2.05) is 26.0 Å². The van der Waals surface area contributed by atoms with E-state index < -0.39 is 0 Å². The van der Waals surface area contributed by atoms with E-state index in [1.54, 1.807) is 12.1 Å². The maximum absolute atomic E-state index is 12.6. The summed E-state index contributed by atoms with van der Waals surface area (Å²) < 4.78 is 12.6. The van der Waals surface area contributed by atoms with Crippen molar-refractivity contribution in [2.45, 2.75) is 13.0 Å². The Balaban J connectivity index is 2.66. The van der Waals surface area contributed by atoms with Crippen molar-refractivity contribution in [3.8, 4) is 0 Å². The molecular formula is C10H15FN2. The third-order valence-corrected chi connectivity index (χ3v) is 1.82. The molecule has 72 valence electrons. The van der Waals surface area contributed by atoms with Gasteiger partial charge in [0.25, 0.3) is 0 Å². The number of hydrogen-bond donors (Lipinski definition) is 1. The number of rotatable bonds is 3. The van der Waals surface area contributed by atoms with Crippen molar-refractivity contribution in [2.75, 3.05) is 14.1 Å². The summed E-state index contributed by atoms with van der Waals surface area (Å²) in [7, 11) is 3.86. The molecule has 13 heavy (non-hydrogen) atoms. The molecule has 1 N–H and O–H groups in total. The van der Waals surface area contributed by atoms with Gasteiger partial charge in [-0.05, 0) is 24.6 Å². The van der Waals surface area contributed by atoms with E-state index in [2.05, 4.69) is 5.43 Å². The summed E-state index contributed by atoms with van der Waals surface area (Å²) in [6.07, 6.45) is 0. The maximum atomic E-state index is 12.6. The summed E-state index contributed by atoms with van der Waals surface area (Å²) in [6.45, 7) is 2.03. The van der Waals surface area contributed by atoms with Crippen LogP contribution in [0.4, 0.5) is 4.39 Å². The Labute approximate surface area is 78.3 Å². The van der Waals surface area contributed by atoms with Gasteiger partial charge in [0.2, 0.25) is 0 Å². The van der Waals surface area contributed by atoms with Crippen molar-refractivity contribution >= 4 is 0 Å². The number of hydrogen-bond acceptors (Lipinski definition) is 2. The smallest absolute Gasteiger partial charge is 0.123 e. The average molecular weight is 182 g/mol. The van der Waals surface area contributed by atoms with Gasteiger partial charge in [0.05, 0.1) is 0 Å². The van der Waals surface area contributed by atoms with E-state index >= 15 is 0 Å². The number of nitrogens with one attached hydrogen (secondary N) is 1. The standard InChI is InChI=1S/C10H15FN2/c1-8(12-13(2)3)9-4-6-10(11)7-5-9/h4-8,12H,1-3H3. The Morgan fingerprint density at radius 2 is 1.77 bits per heavy atom. The Bertz CT molecular complexity index is 256. The van der Waals surface area contributed by atoms with Crippen LogP contribution in [0.5, 0.6) is 0 Å². The minimum absolute atomic E-state index is 0.194. The lowest BCUT2D eigenvalue weighted by Crippen LogP contribution is -2.32. The largest absolute Gasteiger partial charge is 0.250 e. The second-order valence-corrected chi connectivity index (χ2v) is 3.30. The van der Waals surface area contributed by atoms with Crippen molar-refractivity contribution in [3.05, 3.63) is 35.6 Å². The third kappa shape index (κ3) is 3.13. The predicted octanol–water partition coefficient (Wildman–Crippen LogP) is 1.95. The summed E-state index contributed by atoms with van der Waals surface area (Å²) in [6, 6.07) is 6.73. The van der Waals surface area contributed by atoms with Crippen LogP contribution in [-0.4, -0.2) is 19.1 Å². The van der Waals surface area contributed by atoms with E-state index in [1.165, 1.54) is 12.1 Å². The summed E-state index contributed by atoms with van der Waals surface area (Å²) in [5.41, 5.74) is 4.27. The van der Waals surface area contributed by atoms with Gasteiger partial charge in [-0.15, -0.1) is 0 Å². The van der Waals surface area contributed by atoms with Crippen LogP contribution in [0.2, 0.25) is 0 Å². The summed E-state index contributed by atoms with van der Waals surface area (Å²) in [4.78, 5) is 0. The van der Waals surface area contributed by atoms with E-state index in [-0.39, 0.29) is 11.9 Å². The zero-order valence-electron chi connectivity index (χ0n) is 8.21. The number of benzene rings is 1. The molecule has 0 aromatic heterocycles. The molecule has 0 fully saturated rings. The quantitative estimate of drug-likeness (QED) is 0.719. The lowest BCUT2D eigenvalue weighted by Gasteiger charge is -2.19. The molecule has 0 aliphatic carbocycles. The lowest BCUT2D eigenvalue weighted by atomic mass is 10.1. The fraction of sp³-hybridized carbons (Fsp3) is 0.400. The highest BCUT2D eigenvalue weighted by Crippen LogP contribution is 2.12. The van der Waals surface area contributed by atoms with Crippen molar-refractivity contribution in [1.29, 1.82) is 0 Å². The molecule has 0 amide bonds. The molecule has 1 aromatic carbocycles. The SMILES string of the molecule is CC(NN(C)C)c1ccc(F)cc1. The molecule has 1 atom stereocenters. The average Bonchev–Trinajstić information content (AvgIpc) is 2.04. The number of nitrogens with zero attached hydrogens (tertiary/aromatic N) is 1. The predicted molar refractivity (Wildman–Crippen MR) is 51.6 cm³/mol. The first-order valence-corrected chi connectivity index (χ1v) is 4.28. The zero-order chi connectivity index (χ0) is 9.84. The van der Waals surface area contributed by atoms with Crippen LogP contribution in [0.3, 0.4) is 0 Å². The molecule has 1 rings (SSSR count). The molecule has 0 radical (unpaired) electrons. The van der Waals surface area contributed by atoms with Gasteiger partial charge in [-0.3, -0.25) is 5.01 Å². The zero-order valence-corrected chi connectivity index (χ0v) is 8.21. The van der Waals surface area contributed by atoms with Gasteiger partial charge in [0, 0.05) is 20.1 Å². The molecule has 0 heterocycles. The van der Waals surface area contributed by atoms with Gasteiger partial charge in [-0.2, -0.15) is 0 Å². The van der Waals surface area contributed by atoms with Crippen molar-refractivity contribution in [1.82, 2.24) is 10.4 Å². The molecule has 0 bridgehead atoms. The molecule has 3 heteroatoms. The Morgan fingerprint density at radius 1 is 1.23 bits per heavy atom. The first kappa shape index (κ1) is 10.2. The Kier molecular flexibility index (Phi) is 3.39. The van der Waals surface area contributed by atoms with Gasteiger partial charge < -0.3 is 0 Å². The van der Waals surface area contributed by atoms with Crippen LogP contribution in [0.1, 0.15) is 18.5 Å². The van der Waals surface area contributed by atoms with Crippen molar-refractivity contribution in [3.63, 3.8) is 0 Å². The highest BCUT2D eigenvalue weighted by Gasteiger charge is 2.04. The molecule has 0 saturated carbocycles. The lowest BCUT2D eigenvalue weighted by molar-refractivity contribution is 0.252. The van der Waals surface area contributed by atoms with E-state index in [0.29, 0.717) is 0 Å². The minimum Gasteiger partial charge on any atom is -0.250 e. The van der Waals surface area contributed by atoms with Crippen LogP contribution in [0, 0.1) is 5.82 Å². The molecule has 0 aliphatic rings. The maximum Gasteiger partial charge on any atom is 0.123 e. The molecule has 0 saturated heterocycles. The van der Waals surface area contributed by atoms with Gasteiger partial charge in [0.1, 0.15) is 5.82 Å². The Hall–Kier alpha value is -0.930. The fourth-order valence-corrected chi connectivity index (χ4v) is 1.21. The first-order valence-electron chi connectivity index (χ1n) is 4.28. The summed E-state index contributed by atoms with van der Waals surface area (Å²) in [5, 5.41) is 1.88.